The Kier molecular flexibility index (Phi) is 6.03. The highest BCUT2D eigenvalue weighted by atomic mass is 19.1. The normalized spacial score (nSPS) is 12.4. The number of hydrogen-bond donors (Lipinski definition) is 2. The molecule has 0 aliphatic rings. The third-order valence-corrected chi connectivity index (χ3v) is 3.53. The van der Waals surface area contributed by atoms with Crippen LogP contribution in [-0.4, -0.2) is 29.1 Å². The van der Waals surface area contributed by atoms with Gasteiger partial charge in [-0.3, -0.25) is 4.79 Å². The number of hydrogen-bond acceptors (Lipinski definition) is 5. The molecule has 1 heterocycles. The minimum absolute atomic E-state index is 0.146. The van der Waals surface area contributed by atoms with Gasteiger partial charge in [-0.25, -0.2) is 4.39 Å². The van der Waals surface area contributed by atoms with Crippen LogP contribution in [0.1, 0.15) is 33.0 Å². The molecule has 6 nitrogen and oxygen atoms in total. The first-order valence-electron chi connectivity index (χ1n) is 7.98. The van der Waals surface area contributed by atoms with Crippen molar-refractivity contribution in [3.63, 3.8) is 0 Å². The first kappa shape index (κ1) is 18.1. The number of carbonyl (C=O) groups excluding carboxylic acids is 1. The Balaban J connectivity index is 2.10. The fourth-order valence-corrected chi connectivity index (χ4v) is 2.15. The molecule has 130 valence electrons. The number of carbonyl (C=O) groups is 1. The van der Waals surface area contributed by atoms with Crippen LogP contribution in [0.25, 0.3) is 11.5 Å². The van der Waals surface area contributed by atoms with E-state index in [2.05, 4.69) is 20.8 Å². The predicted molar refractivity (Wildman–Crippen MR) is 90.0 cm³/mol. The van der Waals surface area contributed by atoms with Crippen molar-refractivity contribution >= 4 is 11.6 Å². The molecule has 0 saturated heterocycles. The van der Waals surface area contributed by atoms with Crippen molar-refractivity contribution in [3.05, 3.63) is 29.8 Å². The maximum absolute atomic E-state index is 14.2. The van der Waals surface area contributed by atoms with Crippen LogP contribution in [-0.2, 0) is 11.2 Å². The lowest BCUT2D eigenvalue weighted by Gasteiger charge is -2.08. The van der Waals surface area contributed by atoms with Gasteiger partial charge in [-0.1, -0.05) is 19.0 Å². The molecule has 1 aromatic heterocycles. The summed E-state index contributed by atoms with van der Waals surface area (Å²) in [5.74, 6) is 0.281. The van der Waals surface area contributed by atoms with Crippen molar-refractivity contribution in [2.75, 3.05) is 12.4 Å². The molecule has 2 rings (SSSR count). The summed E-state index contributed by atoms with van der Waals surface area (Å²) in [6.07, 6.45) is 0.962. The summed E-state index contributed by atoms with van der Waals surface area (Å²) in [7, 11) is 1.85. The summed E-state index contributed by atoms with van der Waals surface area (Å²) in [6, 6.07) is 4.64. The second kappa shape index (κ2) is 8.01. The molecule has 1 amide bonds. The van der Waals surface area contributed by atoms with Gasteiger partial charge in [-0.15, -0.1) is 0 Å². The molecule has 0 saturated carbocycles. The van der Waals surface area contributed by atoms with Gasteiger partial charge in [0, 0.05) is 24.4 Å². The summed E-state index contributed by atoms with van der Waals surface area (Å²) >= 11 is 0. The van der Waals surface area contributed by atoms with Gasteiger partial charge in [0.25, 0.3) is 5.89 Å². The molecule has 0 aliphatic carbocycles. The summed E-state index contributed by atoms with van der Waals surface area (Å²) in [5, 5.41) is 9.55. The van der Waals surface area contributed by atoms with Gasteiger partial charge in [-0.2, -0.15) is 4.98 Å². The second-order valence-corrected chi connectivity index (χ2v) is 6.25. The molecule has 1 unspecified atom stereocenters. The third-order valence-electron chi connectivity index (χ3n) is 3.53. The van der Waals surface area contributed by atoms with Crippen LogP contribution in [0.15, 0.2) is 22.7 Å². The van der Waals surface area contributed by atoms with Gasteiger partial charge in [0.15, 0.2) is 5.82 Å². The van der Waals surface area contributed by atoms with Crippen molar-refractivity contribution in [1.82, 2.24) is 15.5 Å². The zero-order valence-electron chi connectivity index (χ0n) is 14.4. The first-order valence-corrected chi connectivity index (χ1v) is 7.98. The van der Waals surface area contributed by atoms with E-state index in [0.717, 1.165) is 0 Å². The molecule has 2 aromatic rings. The number of amides is 1. The predicted octanol–water partition coefficient (Wildman–Crippen LogP) is 3.01. The minimum Gasteiger partial charge on any atom is -0.334 e. The van der Waals surface area contributed by atoms with Gasteiger partial charge >= 0.3 is 0 Å². The lowest BCUT2D eigenvalue weighted by Crippen LogP contribution is -2.24. The molecule has 0 radical (unpaired) electrons. The van der Waals surface area contributed by atoms with Crippen LogP contribution < -0.4 is 10.6 Å². The van der Waals surface area contributed by atoms with Crippen LogP contribution >= 0.6 is 0 Å². The van der Waals surface area contributed by atoms with E-state index in [1.807, 2.05) is 27.8 Å². The number of anilines is 1. The molecule has 1 aromatic carbocycles. The van der Waals surface area contributed by atoms with Crippen molar-refractivity contribution < 1.29 is 13.7 Å². The van der Waals surface area contributed by atoms with E-state index in [-0.39, 0.29) is 29.4 Å². The van der Waals surface area contributed by atoms with E-state index in [1.165, 1.54) is 12.1 Å². The molecule has 0 spiro atoms. The van der Waals surface area contributed by atoms with Gasteiger partial charge in [-0.05, 0) is 38.1 Å². The van der Waals surface area contributed by atoms with Gasteiger partial charge in [0.1, 0.15) is 5.82 Å². The monoisotopic (exact) mass is 334 g/mol. The fraction of sp³-hybridized carbons (Fsp3) is 0.471. The van der Waals surface area contributed by atoms with Crippen LogP contribution in [0.2, 0.25) is 0 Å². The zero-order valence-corrected chi connectivity index (χ0v) is 14.4. The topological polar surface area (TPSA) is 80.0 Å². The molecule has 0 fully saturated rings. The highest BCUT2D eigenvalue weighted by molar-refractivity contribution is 5.91. The Morgan fingerprint density at radius 3 is 2.71 bits per heavy atom. The smallest absolute Gasteiger partial charge is 0.258 e. The summed E-state index contributed by atoms with van der Waals surface area (Å²) in [6.45, 7) is 5.87. The number of aromatic nitrogens is 2. The number of likely N-dealkylation sites (N-methyl/N-ethyl adjacent to an activating group) is 1. The van der Waals surface area contributed by atoms with E-state index >= 15 is 0 Å². The molecule has 24 heavy (non-hydrogen) atoms. The first-order chi connectivity index (χ1) is 11.4. The molecule has 0 aliphatic heterocycles. The third kappa shape index (κ3) is 4.86. The minimum atomic E-state index is -0.534. The number of nitrogens with one attached hydrogen (secondary N) is 2. The summed E-state index contributed by atoms with van der Waals surface area (Å²) in [4.78, 5) is 16.0. The number of benzene rings is 1. The van der Waals surface area contributed by atoms with E-state index in [4.69, 9.17) is 4.52 Å². The maximum Gasteiger partial charge on any atom is 0.258 e. The van der Waals surface area contributed by atoms with Crippen molar-refractivity contribution in [2.45, 2.75) is 39.7 Å². The lowest BCUT2D eigenvalue weighted by molar-refractivity contribution is -0.116. The Bertz CT molecular complexity index is 700. The van der Waals surface area contributed by atoms with Crippen molar-refractivity contribution in [2.24, 2.45) is 5.92 Å². The molecular formula is C17H23FN4O2. The lowest BCUT2D eigenvalue weighted by atomic mass is 10.1. The van der Waals surface area contributed by atoms with Crippen LogP contribution in [0.3, 0.4) is 0 Å². The van der Waals surface area contributed by atoms with Gasteiger partial charge < -0.3 is 15.2 Å². The Labute approximate surface area is 140 Å². The molecule has 0 bridgehead atoms. The van der Waals surface area contributed by atoms with E-state index < -0.39 is 5.82 Å². The van der Waals surface area contributed by atoms with Crippen molar-refractivity contribution in [1.29, 1.82) is 0 Å². The molecule has 2 N–H and O–H groups in total. The van der Waals surface area contributed by atoms with Gasteiger partial charge in [0.05, 0.1) is 5.69 Å². The number of halogens is 1. The molecular weight excluding hydrogens is 311 g/mol. The van der Waals surface area contributed by atoms with E-state index in [0.29, 0.717) is 24.2 Å². The SMILES string of the molecule is CNC(C)Cc1noc(-c2ccc(NC(=O)CC(C)C)c(F)c2)n1. The Hall–Kier alpha value is -2.28. The number of nitrogens with zero attached hydrogens (tertiary/aromatic N) is 2. The average molecular weight is 334 g/mol. The van der Waals surface area contributed by atoms with E-state index in [9.17, 15) is 9.18 Å². The van der Waals surface area contributed by atoms with Crippen LogP contribution in [0, 0.1) is 11.7 Å². The molecule has 7 heteroatoms. The zero-order chi connectivity index (χ0) is 17.7. The van der Waals surface area contributed by atoms with Crippen LogP contribution in [0.5, 0.6) is 0 Å². The second-order valence-electron chi connectivity index (χ2n) is 6.25. The standard InChI is InChI=1S/C17H23FN4O2/c1-10(2)7-16(23)20-14-6-5-12(9-13(14)18)17-21-15(22-24-17)8-11(3)19-4/h5-6,9-11,19H,7-8H2,1-4H3,(H,20,23). The number of rotatable bonds is 7. The van der Waals surface area contributed by atoms with Crippen LogP contribution in [0.4, 0.5) is 10.1 Å². The van der Waals surface area contributed by atoms with E-state index in [1.54, 1.807) is 6.07 Å². The largest absolute Gasteiger partial charge is 0.334 e. The summed E-state index contributed by atoms with van der Waals surface area (Å²) < 4.78 is 19.4. The van der Waals surface area contributed by atoms with Gasteiger partial charge in [0.2, 0.25) is 5.91 Å². The molecule has 1 atom stereocenters. The average Bonchev–Trinajstić information content (AvgIpc) is 2.96. The van der Waals surface area contributed by atoms with Crippen molar-refractivity contribution in [3.8, 4) is 11.5 Å². The maximum atomic E-state index is 14.2. The Morgan fingerprint density at radius 2 is 2.08 bits per heavy atom. The fourth-order valence-electron chi connectivity index (χ4n) is 2.15. The quantitative estimate of drug-likeness (QED) is 0.813. The highest BCUT2D eigenvalue weighted by Crippen LogP contribution is 2.23. The Morgan fingerprint density at radius 1 is 1.33 bits per heavy atom. The highest BCUT2D eigenvalue weighted by Gasteiger charge is 2.14. The summed E-state index contributed by atoms with van der Waals surface area (Å²) in [5.41, 5.74) is 0.623.